The van der Waals surface area contributed by atoms with Gasteiger partial charge in [0.2, 0.25) is 0 Å². The van der Waals surface area contributed by atoms with Gasteiger partial charge in [-0.05, 0) is 18.6 Å². The molecule has 3 N–H and O–H groups in total. The van der Waals surface area contributed by atoms with E-state index in [0.29, 0.717) is 11.8 Å². The van der Waals surface area contributed by atoms with Crippen LogP contribution in [0, 0.1) is 0 Å². The SMILES string of the molecule is COC(CNC(=O)NCC1CCCS1)C(=O)O. The number of carbonyl (C=O) groups excluding carboxylic acids is 1. The summed E-state index contributed by atoms with van der Waals surface area (Å²) < 4.78 is 4.69. The number of amides is 2. The number of methoxy groups -OCH3 is 1. The Bertz CT molecular complexity index is 269. The standard InChI is InChI=1S/C10H18N2O4S/c1-16-8(9(13)14)6-12-10(15)11-5-7-3-2-4-17-7/h7-8H,2-6H2,1H3,(H,13,14)(H2,11,12,15). The number of aliphatic carboxylic acids is 1. The van der Waals surface area contributed by atoms with Crippen LogP contribution in [0.5, 0.6) is 0 Å². The maximum absolute atomic E-state index is 11.4. The van der Waals surface area contributed by atoms with Crippen molar-refractivity contribution in [2.24, 2.45) is 0 Å². The normalized spacial score (nSPS) is 20.9. The summed E-state index contributed by atoms with van der Waals surface area (Å²) >= 11 is 1.86. The van der Waals surface area contributed by atoms with Crippen LogP contribution in [0.15, 0.2) is 0 Å². The molecule has 1 saturated heterocycles. The molecule has 98 valence electrons. The van der Waals surface area contributed by atoms with Gasteiger partial charge in [0.25, 0.3) is 0 Å². The second kappa shape index (κ2) is 7.39. The first-order valence-electron chi connectivity index (χ1n) is 5.52. The summed E-state index contributed by atoms with van der Waals surface area (Å²) in [5.41, 5.74) is 0. The van der Waals surface area contributed by atoms with Gasteiger partial charge in [-0.1, -0.05) is 0 Å². The molecule has 0 aromatic rings. The lowest BCUT2D eigenvalue weighted by Gasteiger charge is -2.13. The van der Waals surface area contributed by atoms with Crippen molar-refractivity contribution in [1.82, 2.24) is 10.6 Å². The van der Waals surface area contributed by atoms with Crippen molar-refractivity contribution < 1.29 is 19.4 Å². The van der Waals surface area contributed by atoms with Crippen molar-refractivity contribution in [2.75, 3.05) is 26.0 Å². The second-order valence-corrected chi connectivity index (χ2v) is 5.20. The Hall–Kier alpha value is -0.950. The third-order valence-corrected chi connectivity index (χ3v) is 3.92. The molecule has 1 aliphatic rings. The van der Waals surface area contributed by atoms with Crippen LogP contribution in [0.4, 0.5) is 4.79 Å². The van der Waals surface area contributed by atoms with E-state index in [1.54, 1.807) is 0 Å². The zero-order valence-corrected chi connectivity index (χ0v) is 10.6. The predicted octanol–water partition coefficient (Wildman–Crippen LogP) is 0.281. The van der Waals surface area contributed by atoms with Crippen LogP contribution >= 0.6 is 11.8 Å². The van der Waals surface area contributed by atoms with E-state index in [4.69, 9.17) is 9.84 Å². The first kappa shape index (κ1) is 14.1. The molecule has 1 aliphatic heterocycles. The summed E-state index contributed by atoms with van der Waals surface area (Å²) in [4.78, 5) is 22.0. The highest BCUT2D eigenvalue weighted by Gasteiger charge is 2.18. The van der Waals surface area contributed by atoms with E-state index in [0.717, 1.165) is 12.2 Å². The fraction of sp³-hybridized carbons (Fsp3) is 0.800. The Balaban J connectivity index is 2.13. The average molecular weight is 262 g/mol. The van der Waals surface area contributed by atoms with E-state index in [9.17, 15) is 9.59 Å². The average Bonchev–Trinajstić information content (AvgIpc) is 2.79. The predicted molar refractivity (Wildman–Crippen MR) is 65.3 cm³/mol. The molecule has 0 radical (unpaired) electrons. The highest BCUT2D eigenvalue weighted by molar-refractivity contribution is 8.00. The molecular formula is C10H18N2O4S. The highest BCUT2D eigenvalue weighted by atomic mass is 32.2. The summed E-state index contributed by atoms with van der Waals surface area (Å²) in [7, 11) is 1.30. The molecule has 0 bridgehead atoms. The Kier molecular flexibility index (Phi) is 6.13. The second-order valence-electron chi connectivity index (χ2n) is 3.79. The fourth-order valence-corrected chi connectivity index (χ4v) is 2.73. The maximum atomic E-state index is 11.4. The summed E-state index contributed by atoms with van der Waals surface area (Å²) in [5, 5.41) is 14.4. The number of urea groups is 1. The van der Waals surface area contributed by atoms with E-state index in [-0.39, 0.29) is 12.6 Å². The maximum Gasteiger partial charge on any atom is 0.334 e. The zero-order valence-electron chi connectivity index (χ0n) is 9.77. The van der Waals surface area contributed by atoms with Crippen LogP contribution < -0.4 is 10.6 Å². The largest absolute Gasteiger partial charge is 0.479 e. The summed E-state index contributed by atoms with van der Waals surface area (Å²) in [6.45, 7) is 0.594. The Morgan fingerprint density at radius 3 is 2.82 bits per heavy atom. The van der Waals surface area contributed by atoms with Gasteiger partial charge in [0.05, 0.1) is 6.54 Å². The monoisotopic (exact) mass is 262 g/mol. The molecule has 0 aliphatic carbocycles. The molecule has 0 aromatic carbocycles. The number of rotatable bonds is 6. The number of hydrogen-bond acceptors (Lipinski definition) is 4. The molecule has 0 spiro atoms. The van der Waals surface area contributed by atoms with Crippen LogP contribution in [0.2, 0.25) is 0 Å². The van der Waals surface area contributed by atoms with Gasteiger partial charge in [-0.25, -0.2) is 9.59 Å². The van der Waals surface area contributed by atoms with Crippen LogP contribution in [0.1, 0.15) is 12.8 Å². The van der Waals surface area contributed by atoms with Gasteiger partial charge in [-0.3, -0.25) is 0 Å². The Labute approximate surface area is 104 Å². The van der Waals surface area contributed by atoms with Gasteiger partial charge in [-0.2, -0.15) is 11.8 Å². The molecule has 1 rings (SSSR count). The zero-order chi connectivity index (χ0) is 12.7. The number of carboxylic acid groups (broad SMARTS) is 1. The van der Waals surface area contributed by atoms with E-state index >= 15 is 0 Å². The summed E-state index contributed by atoms with van der Waals surface area (Å²) in [6, 6.07) is -0.346. The van der Waals surface area contributed by atoms with E-state index < -0.39 is 12.1 Å². The number of carboxylic acids is 1. The highest BCUT2D eigenvalue weighted by Crippen LogP contribution is 2.25. The number of hydrogen-bond donors (Lipinski definition) is 3. The quantitative estimate of drug-likeness (QED) is 0.640. The van der Waals surface area contributed by atoms with Crippen LogP contribution in [0.25, 0.3) is 0 Å². The number of ether oxygens (including phenoxy) is 1. The minimum Gasteiger partial charge on any atom is -0.479 e. The molecule has 6 nitrogen and oxygen atoms in total. The minimum atomic E-state index is -1.08. The molecule has 1 fully saturated rings. The lowest BCUT2D eigenvalue weighted by atomic mass is 10.2. The third kappa shape index (κ3) is 5.27. The van der Waals surface area contributed by atoms with Crippen molar-refractivity contribution in [1.29, 1.82) is 0 Å². The topological polar surface area (TPSA) is 87.7 Å². The van der Waals surface area contributed by atoms with Crippen LogP contribution in [-0.2, 0) is 9.53 Å². The summed E-state index contributed by atoms with van der Waals surface area (Å²) in [5.74, 6) is 0.0674. The number of thioether (sulfide) groups is 1. The third-order valence-electron chi connectivity index (χ3n) is 2.52. The van der Waals surface area contributed by atoms with Gasteiger partial charge >= 0.3 is 12.0 Å². The molecule has 1 heterocycles. The lowest BCUT2D eigenvalue weighted by molar-refractivity contribution is -0.147. The molecule has 17 heavy (non-hydrogen) atoms. The molecule has 2 unspecified atom stereocenters. The van der Waals surface area contributed by atoms with E-state index in [1.165, 1.54) is 13.5 Å². The Morgan fingerprint density at radius 2 is 2.29 bits per heavy atom. The molecule has 2 amide bonds. The number of nitrogens with one attached hydrogen (secondary N) is 2. The van der Waals surface area contributed by atoms with Crippen molar-refractivity contribution in [3.05, 3.63) is 0 Å². The summed E-state index contributed by atoms with van der Waals surface area (Å²) in [6.07, 6.45) is 1.33. The van der Waals surface area contributed by atoms with Crippen molar-refractivity contribution in [3.63, 3.8) is 0 Å². The molecule has 0 aromatic heterocycles. The van der Waals surface area contributed by atoms with E-state index in [1.807, 2.05) is 11.8 Å². The van der Waals surface area contributed by atoms with Crippen LogP contribution in [-0.4, -0.2) is 54.4 Å². The van der Waals surface area contributed by atoms with Gasteiger partial charge in [0.15, 0.2) is 6.10 Å². The van der Waals surface area contributed by atoms with Gasteiger partial charge in [-0.15, -0.1) is 0 Å². The van der Waals surface area contributed by atoms with E-state index in [2.05, 4.69) is 10.6 Å². The Morgan fingerprint density at radius 1 is 1.53 bits per heavy atom. The van der Waals surface area contributed by atoms with Crippen molar-refractivity contribution >= 4 is 23.8 Å². The molecule has 2 atom stereocenters. The smallest absolute Gasteiger partial charge is 0.334 e. The van der Waals surface area contributed by atoms with Gasteiger partial charge in [0.1, 0.15) is 0 Å². The lowest BCUT2D eigenvalue weighted by Crippen LogP contribution is -2.44. The molecule has 0 saturated carbocycles. The first-order chi connectivity index (χ1) is 8.13. The fourth-order valence-electron chi connectivity index (χ4n) is 1.53. The molecule has 7 heteroatoms. The van der Waals surface area contributed by atoms with Gasteiger partial charge < -0.3 is 20.5 Å². The van der Waals surface area contributed by atoms with Gasteiger partial charge in [0, 0.05) is 18.9 Å². The van der Waals surface area contributed by atoms with Crippen molar-refractivity contribution in [2.45, 2.75) is 24.2 Å². The molecular weight excluding hydrogens is 244 g/mol. The van der Waals surface area contributed by atoms with Crippen molar-refractivity contribution in [3.8, 4) is 0 Å². The number of carbonyl (C=O) groups is 2. The minimum absolute atomic E-state index is 0.0323. The van der Waals surface area contributed by atoms with Crippen LogP contribution in [0.3, 0.4) is 0 Å². The first-order valence-corrected chi connectivity index (χ1v) is 6.57.